The third kappa shape index (κ3) is 3.65. The third-order valence-electron chi connectivity index (χ3n) is 3.19. The minimum Gasteiger partial charge on any atom is -0.468 e. The second kappa shape index (κ2) is 7.09. The number of thioether (sulfide) groups is 1. The predicted octanol–water partition coefficient (Wildman–Crippen LogP) is 2.07. The Balaban J connectivity index is 2.32. The summed E-state index contributed by atoms with van der Waals surface area (Å²) in [7, 11) is 1.27. The van der Waals surface area contributed by atoms with Crippen molar-refractivity contribution in [3.63, 3.8) is 0 Å². The molecule has 0 unspecified atom stereocenters. The molecule has 114 valence electrons. The largest absolute Gasteiger partial charge is 0.468 e. The molecule has 1 N–H and O–H groups in total. The maximum Gasteiger partial charge on any atom is 0.316 e. The molecule has 0 saturated carbocycles. The monoisotopic (exact) mass is 320 g/mol. The van der Waals surface area contributed by atoms with Gasteiger partial charge in [-0.05, 0) is 17.7 Å². The van der Waals surface area contributed by atoms with E-state index in [0.717, 1.165) is 11.8 Å². The molecule has 5 nitrogen and oxygen atoms in total. The Morgan fingerprint density at radius 3 is 2.77 bits per heavy atom. The van der Waals surface area contributed by atoms with Crippen LogP contribution in [0.25, 0.3) is 0 Å². The van der Waals surface area contributed by atoms with Gasteiger partial charge in [0.1, 0.15) is 5.82 Å². The van der Waals surface area contributed by atoms with Crippen LogP contribution < -0.4 is 5.32 Å². The van der Waals surface area contributed by atoms with Crippen LogP contribution >= 0.6 is 11.8 Å². The molecular weight excluding hydrogens is 307 g/mol. The van der Waals surface area contributed by atoms with Gasteiger partial charge < -0.3 is 10.1 Å². The molecule has 0 aromatic heterocycles. The topological polar surface area (TPSA) is 79.2 Å². The zero-order valence-corrected chi connectivity index (χ0v) is 12.6. The first-order chi connectivity index (χ1) is 10.5. The predicted molar refractivity (Wildman–Crippen MR) is 79.0 cm³/mol. The van der Waals surface area contributed by atoms with E-state index in [1.165, 1.54) is 19.2 Å². The van der Waals surface area contributed by atoms with E-state index in [0.29, 0.717) is 16.2 Å². The maximum absolute atomic E-state index is 13.0. The quantitative estimate of drug-likeness (QED) is 0.859. The fraction of sp³-hybridized carbons (Fsp3) is 0.267. The van der Waals surface area contributed by atoms with Crippen LogP contribution in [0.5, 0.6) is 0 Å². The maximum atomic E-state index is 13.0. The molecular formula is C15H13FN2O3S. The van der Waals surface area contributed by atoms with Gasteiger partial charge >= 0.3 is 5.97 Å². The first-order valence-corrected chi connectivity index (χ1v) is 7.43. The highest BCUT2D eigenvalue weighted by Crippen LogP contribution is 2.35. The number of ether oxygens (including phenoxy) is 1. The van der Waals surface area contributed by atoms with Gasteiger partial charge in [0.2, 0.25) is 5.91 Å². The Morgan fingerprint density at radius 2 is 2.18 bits per heavy atom. The number of rotatable bonds is 4. The number of methoxy groups -OCH3 is 1. The fourth-order valence-electron chi connectivity index (χ4n) is 2.10. The lowest BCUT2D eigenvalue weighted by molar-refractivity contribution is -0.137. The van der Waals surface area contributed by atoms with Gasteiger partial charge in [-0.1, -0.05) is 23.9 Å². The second-order valence-electron chi connectivity index (χ2n) is 4.58. The highest BCUT2D eigenvalue weighted by atomic mass is 32.2. The fourth-order valence-corrected chi connectivity index (χ4v) is 3.01. The van der Waals surface area contributed by atoms with Gasteiger partial charge in [0.25, 0.3) is 0 Å². The van der Waals surface area contributed by atoms with Crippen molar-refractivity contribution in [3.05, 3.63) is 46.2 Å². The van der Waals surface area contributed by atoms with Crippen LogP contribution in [0.2, 0.25) is 0 Å². The molecule has 1 aliphatic rings. The Hall–Kier alpha value is -2.33. The Labute approximate surface area is 131 Å². The molecule has 0 radical (unpaired) electrons. The van der Waals surface area contributed by atoms with Crippen molar-refractivity contribution in [2.24, 2.45) is 0 Å². The number of hydrogen-bond donors (Lipinski definition) is 1. The lowest BCUT2D eigenvalue weighted by Gasteiger charge is -2.24. The molecule has 2 rings (SSSR count). The number of carbonyl (C=O) groups is 2. The zero-order valence-electron chi connectivity index (χ0n) is 11.8. The summed E-state index contributed by atoms with van der Waals surface area (Å²) in [6.07, 6.45) is 0.108. The van der Waals surface area contributed by atoms with Crippen molar-refractivity contribution in [1.29, 1.82) is 5.26 Å². The van der Waals surface area contributed by atoms with Crippen LogP contribution in [0.4, 0.5) is 4.39 Å². The lowest BCUT2D eigenvalue weighted by Crippen LogP contribution is -2.31. The van der Waals surface area contributed by atoms with Crippen LogP contribution in [-0.4, -0.2) is 24.7 Å². The van der Waals surface area contributed by atoms with E-state index in [1.807, 2.05) is 0 Å². The van der Waals surface area contributed by atoms with Crippen LogP contribution in [-0.2, 0) is 14.3 Å². The van der Waals surface area contributed by atoms with E-state index in [2.05, 4.69) is 16.1 Å². The lowest BCUT2D eigenvalue weighted by atomic mass is 9.87. The summed E-state index contributed by atoms with van der Waals surface area (Å²) in [6, 6.07) is 7.77. The molecule has 1 aromatic rings. The molecule has 0 fully saturated rings. The zero-order chi connectivity index (χ0) is 16.1. The summed E-state index contributed by atoms with van der Waals surface area (Å²) in [6.45, 7) is 0. The third-order valence-corrected chi connectivity index (χ3v) is 4.18. The smallest absolute Gasteiger partial charge is 0.316 e. The van der Waals surface area contributed by atoms with Crippen LogP contribution in [0.15, 0.2) is 34.9 Å². The van der Waals surface area contributed by atoms with E-state index in [9.17, 15) is 19.2 Å². The first-order valence-electron chi connectivity index (χ1n) is 6.44. The van der Waals surface area contributed by atoms with Crippen molar-refractivity contribution in [3.8, 4) is 6.07 Å². The number of carbonyl (C=O) groups excluding carboxylic acids is 2. The summed E-state index contributed by atoms with van der Waals surface area (Å²) < 4.78 is 17.6. The molecule has 1 heterocycles. The highest BCUT2D eigenvalue weighted by Gasteiger charge is 2.29. The molecule has 1 amide bonds. The van der Waals surface area contributed by atoms with Gasteiger partial charge in [0.05, 0.1) is 29.5 Å². The van der Waals surface area contributed by atoms with Crippen LogP contribution in [0, 0.1) is 17.1 Å². The van der Waals surface area contributed by atoms with Crippen molar-refractivity contribution >= 4 is 23.6 Å². The standard InChI is InChI=1S/C15H13FN2O3S/c1-21-14(20)8-22-15-12(7-17)11(6-13(19)18-15)9-2-4-10(16)5-3-9/h2-5,11H,6,8H2,1H3,(H,18,19)/t11-/m1/s1. The van der Waals surface area contributed by atoms with Crippen LogP contribution in [0.3, 0.4) is 0 Å². The number of nitrogens with one attached hydrogen (secondary N) is 1. The molecule has 0 spiro atoms. The summed E-state index contributed by atoms with van der Waals surface area (Å²) in [5.41, 5.74) is 1.05. The summed E-state index contributed by atoms with van der Waals surface area (Å²) in [5, 5.41) is 12.3. The Morgan fingerprint density at radius 1 is 1.50 bits per heavy atom. The number of benzene rings is 1. The molecule has 22 heavy (non-hydrogen) atoms. The summed E-state index contributed by atoms with van der Waals surface area (Å²) in [4.78, 5) is 23.1. The molecule has 0 saturated heterocycles. The number of allylic oxidation sites excluding steroid dienone is 1. The van der Waals surface area contributed by atoms with Crippen molar-refractivity contribution in [2.45, 2.75) is 12.3 Å². The van der Waals surface area contributed by atoms with E-state index < -0.39 is 11.9 Å². The van der Waals surface area contributed by atoms with Crippen molar-refractivity contribution in [2.75, 3.05) is 12.9 Å². The normalized spacial score (nSPS) is 17.7. The molecule has 0 bridgehead atoms. The summed E-state index contributed by atoms with van der Waals surface area (Å²) >= 11 is 1.04. The number of nitriles is 1. The summed E-state index contributed by atoms with van der Waals surface area (Å²) in [5.74, 6) is -1.53. The van der Waals surface area contributed by atoms with Gasteiger partial charge in [-0.2, -0.15) is 5.26 Å². The van der Waals surface area contributed by atoms with Gasteiger partial charge in [0, 0.05) is 12.3 Å². The van der Waals surface area contributed by atoms with Crippen LogP contribution in [0.1, 0.15) is 17.9 Å². The number of halogens is 1. The SMILES string of the molecule is COC(=O)CSC1=C(C#N)[C@@H](c2ccc(F)cc2)CC(=O)N1. The van der Waals surface area contributed by atoms with Gasteiger partial charge in [0.15, 0.2) is 0 Å². The van der Waals surface area contributed by atoms with Gasteiger partial charge in [-0.25, -0.2) is 4.39 Å². The average Bonchev–Trinajstić information content (AvgIpc) is 2.52. The van der Waals surface area contributed by atoms with E-state index in [4.69, 9.17) is 0 Å². The second-order valence-corrected chi connectivity index (χ2v) is 5.56. The molecule has 1 aliphatic heterocycles. The average molecular weight is 320 g/mol. The number of amides is 1. The minimum atomic E-state index is -0.451. The molecule has 1 atom stereocenters. The first kappa shape index (κ1) is 16.0. The van der Waals surface area contributed by atoms with E-state index in [1.54, 1.807) is 12.1 Å². The Bertz CT molecular complexity index is 664. The molecule has 7 heteroatoms. The number of hydrogen-bond acceptors (Lipinski definition) is 5. The molecule has 0 aliphatic carbocycles. The molecule has 1 aromatic carbocycles. The van der Waals surface area contributed by atoms with E-state index in [-0.39, 0.29) is 23.9 Å². The van der Waals surface area contributed by atoms with Crippen molar-refractivity contribution < 1.29 is 18.7 Å². The minimum absolute atomic E-state index is 0.00652. The Kier molecular flexibility index (Phi) is 5.17. The number of nitrogens with zero attached hydrogens (tertiary/aromatic N) is 1. The highest BCUT2D eigenvalue weighted by molar-refractivity contribution is 8.03. The van der Waals surface area contributed by atoms with E-state index >= 15 is 0 Å². The van der Waals surface area contributed by atoms with Gasteiger partial charge in [-0.3, -0.25) is 9.59 Å². The number of esters is 1. The van der Waals surface area contributed by atoms with Gasteiger partial charge in [-0.15, -0.1) is 0 Å². The van der Waals surface area contributed by atoms with Crippen molar-refractivity contribution in [1.82, 2.24) is 5.32 Å².